The molecule has 0 amide bonds. The summed E-state index contributed by atoms with van der Waals surface area (Å²) in [6, 6.07) is 22.9. The average molecular weight is 405 g/mol. The molecule has 2 aromatic rings. The summed E-state index contributed by atoms with van der Waals surface area (Å²) in [6.07, 6.45) is 9.14. The van der Waals surface area contributed by atoms with Gasteiger partial charge in [-0.1, -0.05) is 60.7 Å². The lowest BCUT2D eigenvalue weighted by molar-refractivity contribution is 0.00901. The zero-order valence-corrected chi connectivity index (χ0v) is 19.1. The van der Waals surface area contributed by atoms with E-state index in [0.717, 1.165) is 12.0 Å². The SMILES string of the molecule is CC1(C)CC(N2CCC(c3ccccc3)CC2)CCN1CCCCc1ccccc1. The molecule has 0 aliphatic carbocycles. The molecule has 2 fully saturated rings. The third-order valence-electron chi connectivity index (χ3n) is 7.63. The highest BCUT2D eigenvalue weighted by Crippen LogP contribution is 2.34. The Morgan fingerprint density at radius 3 is 2.13 bits per heavy atom. The molecule has 0 N–H and O–H groups in total. The Kier molecular flexibility index (Phi) is 7.28. The summed E-state index contributed by atoms with van der Waals surface area (Å²) in [5, 5.41) is 0. The zero-order valence-electron chi connectivity index (χ0n) is 19.1. The molecule has 30 heavy (non-hydrogen) atoms. The van der Waals surface area contributed by atoms with Crippen LogP contribution >= 0.6 is 0 Å². The van der Waals surface area contributed by atoms with Crippen LogP contribution in [0.4, 0.5) is 0 Å². The molecular weight excluding hydrogens is 364 g/mol. The highest BCUT2D eigenvalue weighted by molar-refractivity contribution is 5.20. The van der Waals surface area contributed by atoms with E-state index in [-0.39, 0.29) is 0 Å². The second-order valence-corrected chi connectivity index (χ2v) is 10.1. The van der Waals surface area contributed by atoms with Gasteiger partial charge in [-0.2, -0.15) is 0 Å². The molecular formula is C28H40N2. The van der Waals surface area contributed by atoms with Crippen molar-refractivity contribution >= 4 is 0 Å². The van der Waals surface area contributed by atoms with E-state index in [2.05, 4.69) is 84.3 Å². The van der Waals surface area contributed by atoms with Crippen LogP contribution in [0.2, 0.25) is 0 Å². The van der Waals surface area contributed by atoms with Crippen LogP contribution in [0.5, 0.6) is 0 Å². The minimum Gasteiger partial charge on any atom is -0.300 e. The second-order valence-electron chi connectivity index (χ2n) is 10.1. The number of hydrogen-bond acceptors (Lipinski definition) is 2. The number of nitrogens with zero attached hydrogens (tertiary/aromatic N) is 2. The fourth-order valence-corrected chi connectivity index (χ4v) is 5.74. The van der Waals surface area contributed by atoms with Crippen molar-refractivity contribution < 1.29 is 0 Å². The number of hydrogen-bond donors (Lipinski definition) is 0. The van der Waals surface area contributed by atoms with Crippen molar-refractivity contribution in [1.29, 1.82) is 0 Å². The Morgan fingerprint density at radius 2 is 1.47 bits per heavy atom. The molecule has 0 aromatic heterocycles. The molecule has 2 aliphatic heterocycles. The summed E-state index contributed by atoms with van der Waals surface area (Å²) < 4.78 is 0. The average Bonchev–Trinajstić information content (AvgIpc) is 2.78. The number of piperidine rings is 2. The van der Waals surface area contributed by atoms with Gasteiger partial charge in [0.2, 0.25) is 0 Å². The lowest BCUT2D eigenvalue weighted by atomic mass is 9.83. The first kappa shape index (κ1) is 21.6. The quantitative estimate of drug-likeness (QED) is 0.512. The predicted octanol–water partition coefficient (Wildman–Crippen LogP) is 6.13. The first-order valence-electron chi connectivity index (χ1n) is 12.2. The molecule has 0 spiro atoms. The highest BCUT2D eigenvalue weighted by Gasteiger charge is 2.37. The summed E-state index contributed by atoms with van der Waals surface area (Å²) in [5.41, 5.74) is 3.35. The molecule has 2 aromatic carbocycles. The van der Waals surface area contributed by atoms with Gasteiger partial charge in [-0.05, 0) is 95.5 Å². The van der Waals surface area contributed by atoms with Crippen LogP contribution in [-0.2, 0) is 6.42 Å². The molecule has 2 nitrogen and oxygen atoms in total. The van der Waals surface area contributed by atoms with Gasteiger partial charge in [0.15, 0.2) is 0 Å². The van der Waals surface area contributed by atoms with Gasteiger partial charge in [0.05, 0.1) is 0 Å². The Morgan fingerprint density at radius 1 is 0.800 bits per heavy atom. The third kappa shape index (κ3) is 5.53. The van der Waals surface area contributed by atoms with E-state index in [1.54, 1.807) is 5.56 Å². The standard InChI is InChI=1S/C28H40N2/c1-28(2)23-27(29-20-16-26(17-21-29)25-14-7-4-8-15-25)18-22-30(28)19-10-9-13-24-11-5-3-6-12-24/h3-8,11-12,14-15,26-27H,9-10,13,16-23H2,1-2H3. The largest absolute Gasteiger partial charge is 0.300 e. The van der Waals surface area contributed by atoms with Crippen molar-refractivity contribution in [2.45, 2.75) is 76.3 Å². The van der Waals surface area contributed by atoms with E-state index >= 15 is 0 Å². The van der Waals surface area contributed by atoms with Gasteiger partial charge in [-0.3, -0.25) is 4.90 Å². The van der Waals surface area contributed by atoms with Crippen LogP contribution < -0.4 is 0 Å². The molecule has 4 rings (SSSR count). The first-order valence-corrected chi connectivity index (χ1v) is 12.2. The van der Waals surface area contributed by atoms with Crippen molar-refractivity contribution in [3.8, 4) is 0 Å². The van der Waals surface area contributed by atoms with E-state index in [9.17, 15) is 0 Å². The highest BCUT2D eigenvalue weighted by atomic mass is 15.2. The molecule has 0 bridgehead atoms. The monoisotopic (exact) mass is 404 g/mol. The van der Waals surface area contributed by atoms with Gasteiger partial charge in [0.25, 0.3) is 0 Å². The fraction of sp³-hybridized carbons (Fsp3) is 0.571. The van der Waals surface area contributed by atoms with Gasteiger partial charge >= 0.3 is 0 Å². The summed E-state index contributed by atoms with van der Waals surface area (Å²) in [4.78, 5) is 5.58. The lowest BCUT2D eigenvalue weighted by Crippen LogP contribution is -2.56. The van der Waals surface area contributed by atoms with Crippen LogP contribution in [0, 0.1) is 0 Å². The maximum atomic E-state index is 2.81. The van der Waals surface area contributed by atoms with Crippen LogP contribution in [-0.4, -0.2) is 47.6 Å². The molecule has 0 radical (unpaired) electrons. The summed E-state index contributed by atoms with van der Waals surface area (Å²) in [7, 11) is 0. The summed E-state index contributed by atoms with van der Waals surface area (Å²) >= 11 is 0. The van der Waals surface area contributed by atoms with E-state index in [0.29, 0.717) is 5.54 Å². The molecule has 162 valence electrons. The Hall–Kier alpha value is -1.64. The molecule has 2 saturated heterocycles. The van der Waals surface area contributed by atoms with Crippen molar-refractivity contribution in [2.75, 3.05) is 26.2 Å². The maximum Gasteiger partial charge on any atom is 0.0168 e. The van der Waals surface area contributed by atoms with Crippen LogP contribution in [0.25, 0.3) is 0 Å². The number of aryl methyl sites for hydroxylation is 1. The van der Waals surface area contributed by atoms with E-state index in [4.69, 9.17) is 0 Å². The van der Waals surface area contributed by atoms with Crippen LogP contribution in [0.1, 0.15) is 69.4 Å². The van der Waals surface area contributed by atoms with Crippen LogP contribution in [0.15, 0.2) is 60.7 Å². The minimum atomic E-state index is 0.325. The maximum absolute atomic E-state index is 2.81. The normalized spacial score (nSPS) is 23.5. The van der Waals surface area contributed by atoms with Crippen LogP contribution in [0.3, 0.4) is 0 Å². The van der Waals surface area contributed by atoms with Gasteiger partial charge < -0.3 is 4.90 Å². The smallest absolute Gasteiger partial charge is 0.0168 e. The molecule has 2 aliphatic rings. The van der Waals surface area contributed by atoms with Crippen molar-refractivity contribution in [3.05, 3.63) is 71.8 Å². The Bertz CT molecular complexity index is 747. The Balaban J connectivity index is 1.21. The number of rotatable bonds is 7. The molecule has 2 heterocycles. The van der Waals surface area contributed by atoms with E-state index < -0.39 is 0 Å². The second kappa shape index (κ2) is 10.1. The Labute approximate surface area is 184 Å². The van der Waals surface area contributed by atoms with Gasteiger partial charge in [-0.25, -0.2) is 0 Å². The van der Waals surface area contributed by atoms with E-state index in [1.807, 2.05) is 0 Å². The summed E-state index contributed by atoms with van der Waals surface area (Å²) in [5.74, 6) is 0.764. The van der Waals surface area contributed by atoms with Gasteiger partial charge in [0.1, 0.15) is 0 Å². The minimum absolute atomic E-state index is 0.325. The van der Waals surface area contributed by atoms with Crippen molar-refractivity contribution in [3.63, 3.8) is 0 Å². The van der Waals surface area contributed by atoms with Gasteiger partial charge in [0, 0.05) is 18.1 Å². The molecule has 2 heteroatoms. The van der Waals surface area contributed by atoms with Gasteiger partial charge in [-0.15, -0.1) is 0 Å². The molecule has 1 unspecified atom stereocenters. The number of unbranched alkanes of at least 4 members (excludes halogenated alkanes) is 1. The van der Waals surface area contributed by atoms with E-state index in [1.165, 1.54) is 76.7 Å². The first-order chi connectivity index (χ1) is 14.6. The number of benzene rings is 2. The topological polar surface area (TPSA) is 6.48 Å². The summed E-state index contributed by atoms with van der Waals surface area (Å²) in [6.45, 7) is 10.0. The predicted molar refractivity (Wildman–Crippen MR) is 128 cm³/mol. The number of likely N-dealkylation sites (tertiary alicyclic amines) is 2. The third-order valence-corrected chi connectivity index (χ3v) is 7.63. The fourth-order valence-electron chi connectivity index (χ4n) is 5.74. The van der Waals surface area contributed by atoms with Crippen molar-refractivity contribution in [1.82, 2.24) is 9.80 Å². The zero-order chi connectivity index (χ0) is 20.8. The lowest BCUT2D eigenvalue weighted by Gasteiger charge is -2.50. The molecule has 1 atom stereocenters. The molecule has 0 saturated carbocycles. The van der Waals surface area contributed by atoms with Crippen molar-refractivity contribution in [2.24, 2.45) is 0 Å².